The number of unbranched alkanes of at least 4 members (excludes halogenated alkanes) is 2. The minimum atomic E-state index is -0.160. The number of hydrogen-bond acceptors (Lipinski definition) is 4. The molecule has 0 radical (unpaired) electrons. The van der Waals surface area contributed by atoms with Gasteiger partial charge in [0.05, 0.1) is 11.1 Å². The van der Waals surface area contributed by atoms with Crippen LogP contribution in [0.2, 0.25) is 0 Å². The van der Waals surface area contributed by atoms with E-state index in [2.05, 4.69) is 34.3 Å². The topological polar surface area (TPSA) is 75.0 Å². The van der Waals surface area contributed by atoms with Crippen molar-refractivity contribution >= 4 is 16.5 Å². The van der Waals surface area contributed by atoms with E-state index in [0.717, 1.165) is 54.7 Å². The van der Waals surface area contributed by atoms with Gasteiger partial charge in [-0.15, -0.1) is 0 Å². The number of hydrogen-bond donors (Lipinski definition) is 2. The monoisotopic (exact) mass is 336 g/mol. The summed E-state index contributed by atoms with van der Waals surface area (Å²) in [5.74, 6) is 0. The highest BCUT2D eigenvalue weighted by Crippen LogP contribution is 2.27. The first-order chi connectivity index (χ1) is 12.2. The van der Waals surface area contributed by atoms with Gasteiger partial charge in [0.2, 0.25) is 0 Å². The fourth-order valence-electron chi connectivity index (χ4n) is 3.02. The number of fused-ring (bicyclic) bond motifs is 1. The third kappa shape index (κ3) is 3.88. The van der Waals surface area contributed by atoms with E-state index in [4.69, 9.17) is 5.73 Å². The van der Waals surface area contributed by atoms with E-state index >= 15 is 0 Å². The van der Waals surface area contributed by atoms with Gasteiger partial charge in [-0.05, 0) is 37.6 Å². The van der Waals surface area contributed by atoms with E-state index in [1.807, 2.05) is 36.4 Å². The van der Waals surface area contributed by atoms with Gasteiger partial charge in [-0.2, -0.15) is 5.10 Å². The third-order valence-electron chi connectivity index (χ3n) is 4.45. The van der Waals surface area contributed by atoms with Crippen LogP contribution in [0.25, 0.3) is 22.0 Å². The predicted molar refractivity (Wildman–Crippen MR) is 104 cm³/mol. The number of H-pyrrole nitrogens is 1. The van der Waals surface area contributed by atoms with E-state index < -0.39 is 0 Å². The molecule has 5 heteroatoms. The van der Waals surface area contributed by atoms with Crippen LogP contribution in [0.3, 0.4) is 0 Å². The van der Waals surface area contributed by atoms with E-state index in [9.17, 15) is 4.79 Å². The summed E-state index contributed by atoms with van der Waals surface area (Å²) in [6.07, 6.45) is 3.34. The molecule has 3 N–H and O–H groups in total. The number of nitrogens with two attached hydrogens (primary N) is 1. The van der Waals surface area contributed by atoms with Gasteiger partial charge in [-0.25, -0.2) is 5.10 Å². The Morgan fingerprint density at radius 1 is 1.04 bits per heavy atom. The number of nitrogens with zero attached hydrogens (tertiary/aromatic N) is 2. The zero-order valence-corrected chi connectivity index (χ0v) is 14.5. The lowest BCUT2D eigenvalue weighted by molar-refractivity contribution is 0.679. The third-order valence-corrected chi connectivity index (χ3v) is 4.45. The molecule has 0 bridgehead atoms. The van der Waals surface area contributed by atoms with E-state index in [0.29, 0.717) is 5.39 Å². The normalized spacial score (nSPS) is 11.0. The molecule has 3 aromatic rings. The van der Waals surface area contributed by atoms with E-state index in [1.54, 1.807) is 0 Å². The second kappa shape index (κ2) is 7.94. The molecule has 1 heterocycles. The number of anilines is 1. The molecule has 0 unspecified atom stereocenters. The second-order valence-electron chi connectivity index (χ2n) is 6.27. The molecule has 130 valence electrons. The molecule has 0 aliphatic carbocycles. The van der Waals surface area contributed by atoms with Gasteiger partial charge in [0.1, 0.15) is 0 Å². The lowest BCUT2D eigenvalue weighted by Crippen LogP contribution is -2.18. The Kier molecular flexibility index (Phi) is 5.46. The molecule has 0 spiro atoms. The van der Waals surface area contributed by atoms with E-state index in [-0.39, 0.29) is 5.56 Å². The summed E-state index contributed by atoms with van der Waals surface area (Å²) >= 11 is 0. The van der Waals surface area contributed by atoms with Crippen molar-refractivity contribution in [2.75, 3.05) is 25.0 Å². The van der Waals surface area contributed by atoms with Crippen molar-refractivity contribution in [3.63, 3.8) is 0 Å². The summed E-state index contributed by atoms with van der Waals surface area (Å²) in [4.78, 5) is 14.2. The first-order valence-electron chi connectivity index (χ1n) is 8.70. The molecular formula is C20H24N4O. The van der Waals surface area contributed by atoms with Crippen molar-refractivity contribution in [3.8, 4) is 11.3 Å². The van der Waals surface area contributed by atoms with Crippen molar-refractivity contribution in [2.24, 2.45) is 5.73 Å². The summed E-state index contributed by atoms with van der Waals surface area (Å²) in [5.41, 5.74) is 8.33. The van der Waals surface area contributed by atoms with Crippen molar-refractivity contribution in [2.45, 2.75) is 19.3 Å². The van der Waals surface area contributed by atoms with Crippen molar-refractivity contribution < 1.29 is 0 Å². The van der Waals surface area contributed by atoms with Crippen molar-refractivity contribution in [1.29, 1.82) is 0 Å². The minimum Gasteiger partial charge on any atom is -0.375 e. The Balaban J connectivity index is 1.90. The number of aromatic amines is 1. The average molecular weight is 336 g/mol. The van der Waals surface area contributed by atoms with Crippen LogP contribution in [0.15, 0.2) is 53.3 Å². The molecular weight excluding hydrogens is 312 g/mol. The van der Waals surface area contributed by atoms with Gasteiger partial charge in [-0.1, -0.05) is 36.8 Å². The largest absolute Gasteiger partial charge is 0.375 e. The van der Waals surface area contributed by atoms with Gasteiger partial charge in [0, 0.05) is 30.2 Å². The van der Waals surface area contributed by atoms with Gasteiger partial charge in [-0.3, -0.25) is 4.79 Å². The van der Waals surface area contributed by atoms with Crippen LogP contribution in [0.4, 0.5) is 5.69 Å². The van der Waals surface area contributed by atoms with Gasteiger partial charge in [0.15, 0.2) is 0 Å². The fourth-order valence-corrected chi connectivity index (χ4v) is 3.02. The smallest absolute Gasteiger partial charge is 0.272 e. The minimum absolute atomic E-state index is 0.160. The van der Waals surface area contributed by atoms with Crippen LogP contribution in [0.5, 0.6) is 0 Å². The Labute approximate surface area is 147 Å². The van der Waals surface area contributed by atoms with Crippen LogP contribution in [-0.4, -0.2) is 30.3 Å². The summed E-state index contributed by atoms with van der Waals surface area (Å²) in [6, 6.07) is 15.8. The number of rotatable bonds is 7. The van der Waals surface area contributed by atoms with Gasteiger partial charge < -0.3 is 10.6 Å². The molecule has 2 aromatic carbocycles. The van der Waals surface area contributed by atoms with Crippen LogP contribution < -0.4 is 16.2 Å². The molecule has 0 fully saturated rings. The maximum atomic E-state index is 12.0. The average Bonchev–Trinajstić information content (AvgIpc) is 2.66. The summed E-state index contributed by atoms with van der Waals surface area (Å²) in [7, 11) is 2.10. The highest BCUT2D eigenvalue weighted by molar-refractivity contribution is 5.94. The molecule has 0 amide bonds. The Hall–Kier alpha value is -2.66. The molecule has 3 rings (SSSR count). The van der Waals surface area contributed by atoms with Crippen LogP contribution >= 0.6 is 0 Å². The highest BCUT2D eigenvalue weighted by Gasteiger charge is 2.10. The molecule has 0 saturated heterocycles. The Morgan fingerprint density at radius 3 is 2.64 bits per heavy atom. The standard InChI is InChI=1S/C20H24N4O/c1-24(13-6-2-5-12-21)16-9-7-8-15(14-16)19-17-10-3-4-11-18(17)20(25)23-22-19/h3-4,7-11,14H,2,5-6,12-13,21H2,1H3,(H,23,25). The first kappa shape index (κ1) is 17.2. The number of benzene rings is 2. The molecule has 0 saturated carbocycles. The number of aromatic nitrogens is 2. The molecule has 0 atom stereocenters. The van der Waals surface area contributed by atoms with Crippen molar-refractivity contribution in [1.82, 2.24) is 10.2 Å². The molecule has 5 nitrogen and oxygen atoms in total. The van der Waals surface area contributed by atoms with Crippen LogP contribution in [0, 0.1) is 0 Å². The molecule has 0 aliphatic rings. The summed E-state index contributed by atoms with van der Waals surface area (Å²) in [6.45, 7) is 1.74. The zero-order valence-electron chi connectivity index (χ0n) is 14.5. The summed E-state index contributed by atoms with van der Waals surface area (Å²) in [5, 5.41) is 8.43. The Bertz CT molecular complexity index is 903. The fraction of sp³-hybridized carbons (Fsp3) is 0.300. The SMILES string of the molecule is CN(CCCCCN)c1cccc(-c2n[nH]c(=O)c3ccccc23)c1. The first-order valence-corrected chi connectivity index (χ1v) is 8.70. The second-order valence-corrected chi connectivity index (χ2v) is 6.27. The van der Waals surface area contributed by atoms with Gasteiger partial charge in [0.25, 0.3) is 5.56 Å². The molecule has 1 aromatic heterocycles. The summed E-state index contributed by atoms with van der Waals surface area (Å²) < 4.78 is 0. The predicted octanol–water partition coefficient (Wildman–Crippen LogP) is 3.16. The maximum Gasteiger partial charge on any atom is 0.272 e. The lowest BCUT2D eigenvalue weighted by Gasteiger charge is -2.20. The maximum absolute atomic E-state index is 12.0. The van der Waals surface area contributed by atoms with Crippen LogP contribution in [-0.2, 0) is 0 Å². The Morgan fingerprint density at radius 2 is 1.84 bits per heavy atom. The van der Waals surface area contributed by atoms with Crippen LogP contribution in [0.1, 0.15) is 19.3 Å². The van der Waals surface area contributed by atoms with Crippen molar-refractivity contribution in [3.05, 3.63) is 58.9 Å². The quantitative estimate of drug-likeness (QED) is 0.650. The molecule has 0 aliphatic heterocycles. The number of nitrogens with one attached hydrogen (secondary N) is 1. The zero-order chi connectivity index (χ0) is 17.6. The van der Waals surface area contributed by atoms with Gasteiger partial charge >= 0.3 is 0 Å². The molecule has 25 heavy (non-hydrogen) atoms. The lowest BCUT2D eigenvalue weighted by atomic mass is 10.0. The highest BCUT2D eigenvalue weighted by atomic mass is 16.1. The van der Waals surface area contributed by atoms with E-state index in [1.165, 1.54) is 0 Å².